The third kappa shape index (κ3) is 4.17. The van der Waals surface area contributed by atoms with E-state index in [0.29, 0.717) is 49.7 Å². The lowest BCUT2D eigenvalue weighted by molar-refractivity contribution is 0.0764. The Morgan fingerprint density at radius 2 is 1.77 bits per heavy atom. The molecular weight excluding hydrogens is 354 g/mol. The zero-order valence-corrected chi connectivity index (χ0v) is 15.3. The molecule has 2 heterocycles. The molecule has 0 spiro atoms. The molecule has 1 aliphatic heterocycles. The van der Waals surface area contributed by atoms with Gasteiger partial charge in [-0.15, -0.1) is 0 Å². The summed E-state index contributed by atoms with van der Waals surface area (Å²) in [6.07, 6.45) is 4.89. The van der Waals surface area contributed by atoms with Gasteiger partial charge in [-0.3, -0.25) is 9.78 Å². The van der Waals surface area contributed by atoms with E-state index in [1.807, 2.05) is 12.1 Å². The van der Waals surface area contributed by atoms with Crippen LogP contribution in [0.5, 0.6) is 0 Å². The van der Waals surface area contributed by atoms with Gasteiger partial charge in [0.15, 0.2) is 0 Å². The van der Waals surface area contributed by atoms with Gasteiger partial charge in [0.25, 0.3) is 5.91 Å². The second-order valence-corrected chi connectivity index (χ2v) is 8.19. The minimum absolute atomic E-state index is 0.102. The Morgan fingerprint density at radius 1 is 1.04 bits per heavy atom. The lowest BCUT2D eigenvalue weighted by atomic mass is 10.1. The average Bonchev–Trinajstić information content (AvgIpc) is 2.88. The molecule has 0 unspecified atom stereocenters. The molecule has 2 aromatic rings. The first-order valence-corrected chi connectivity index (χ1v) is 10.1. The highest BCUT2D eigenvalue weighted by Crippen LogP contribution is 2.18. The summed E-state index contributed by atoms with van der Waals surface area (Å²) in [6.45, 7) is 1.69. The van der Waals surface area contributed by atoms with E-state index in [4.69, 9.17) is 5.73 Å². The minimum atomic E-state index is -3.23. The van der Waals surface area contributed by atoms with Crippen LogP contribution < -0.4 is 5.73 Å². The fourth-order valence-corrected chi connectivity index (χ4v) is 3.76. The van der Waals surface area contributed by atoms with E-state index in [-0.39, 0.29) is 5.91 Å². The van der Waals surface area contributed by atoms with Crippen LogP contribution in [0.4, 0.5) is 5.82 Å². The monoisotopic (exact) mass is 375 g/mol. The molecule has 1 fully saturated rings. The standard InChI is InChI=1S/C17H21N5O3S/c1-26(24,25)22-8-2-7-21(9-10-22)17(23)14-5-3-13(4-6-14)15-11-20-16(18)12-19-15/h3-6,11-12H,2,7-10H2,1H3,(H2,18,20). The summed E-state index contributed by atoms with van der Waals surface area (Å²) >= 11 is 0. The van der Waals surface area contributed by atoms with Gasteiger partial charge in [0.1, 0.15) is 5.82 Å². The van der Waals surface area contributed by atoms with Crippen molar-refractivity contribution in [3.05, 3.63) is 42.2 Å². The van der Waals surface area contributed by atoms with Gasteiger partial charge in [-0.1, -0.05) is 12.1 Å². The highest BCUT2D eigenvalue weighted by Gasteiger charge is 2.24. The highest BCUT2D eigenvalue weighted by atomic mass is 32.2. The van der Waals surface area contributed by atoms with Crippen molar-refractivity contribution in [3.8, 4) is 11.3 Å². The van der Waals surface area contributed by atoms with Gasteiger partial charge in [-0.05, 0) is 18.6 Å². The zero-order chi connectivity index (χ0) is 18.7. The number of sulfonamides is 1. The summed E-state index contributed by atoms with van der Waals surface area (Å²) in [6, 6.07) is 7.12. The van der Waals surface area contributed by atoms with E-state index in [0.717, 1.165) is 5.56 Å². The van der Waals surface area contributed by atoms with E-state index >= 15 is 0 Å². The molecule has 8 nitrogen and oxygen atoms in total. The van der Waals surface area contributed by atoms with E-state index in [1.165, 1.54) is 16.8 Å². The van der Waals surface area contributed by atoms with Crippen LogP contribution >= 0.6 is 0 Å². The first-order valence-electron chi connectivity index (χ1n) is 8.27. The van der Waals surface area contributed by atoms with Gasteiger partial charge in [-0.2, -0.15) is 0 Å². The highest BCUT2D eigenvalue weighted by molar-refractivity contribution is 7.88. The lowest BCUT2D eigenvalue weighted by Crippen LogP contribution is -2.36. The number of hydrogen-bond donors (Lipinski definition) is 1. The van der Waals surface area contributed by atoms with Gasteiger partial charge in [0.05, 0.1) is 24.3 Å². The number of anilines is 1. The van der Waals surface area contributed by atoms with Gasteiger partial charge < -0.3 is 10.6 Å². The van der Waals surface area contributed by atoms with Crippen LogP contribution in [-0.2, 0) is 10.0 Å². The number of benzene rings is 1. The Bertz CT molecular complexity index is 882. The molecule has 0 bridgehead atoms. The number of amides is 1. The third-order valence-corrected chi connectivity index (χ3v) is 5.61. The van der Waals surface area contributed by atoms with E-state index in [1.54, 1.807) is 23.2 Å². The molecule has 26 heavy (non-hydrogen) atoms. The molecule has 138 valence electrons. The maximum absolute atomic E-state index is 12.7. The first-order chi connectivity index (χ1) is 12.3. The SMILES string of the molecule is CS(=O)(=O)N1CCCN(C(=O)c2ccc(-c3cnc(N)cn3)cc2)CC1. The second kappa shape index (κ2) is 7.38. The second-order valence-electron chi connectivity index (χ2n) is 6.21. The van der Waals surface area contributed by atoms with E-state index < -0.39 is 10.0 Å². The van der Waals surface area contributed by atoms with Crippen molar-refractivity contribution in [3.63, 3.8) is 0 Å². The largest absolute Gasteiger partial charge is 0.382 e. The van der Waals surface area contributed by atoms with Gasteiger partial charge in [-0.25, -0.2) is 17.7 Å². The summed E-state index contributed by atoms with van der Waals surface area (Å²) in [7, 11) is -3.23. The lowest BCUT2D eigenvalue weighted by Gasteiger charge is -2.21. The van der Waals surface area contributed by atoms with Crippen LogP contribution in [0, 0.1) is 0 Å². The summed E-state index contributed by atoms with van der Waals surface area (Å²) in [5.41, 5.74) is 7.61. The summed E-state index contributed by atoms with van der Waals surface area (Å²) in [5, 5.41) is 0. The molecule has 3 rings (SSSR count). The topological polar surface area (TPSA) is 109 Å². The molecule has 0 aliphatic carbocycles. The fourth-order valence-electron chi connectivity index (χ4n) is 2.88. The number of rotatable bonds is 3. The molecule has 2 N–H and O–H groups in total. The molecule has 1 saturated heterocycles. The maximum Gasteiger partial charge on any atom is 0.253 e. The summed E-state index contributed by atoms with van der Waals surface area (Å²) in [5.74, 6) is 0.250. The molecule has 0 atom stereocenters. The Hall–Kier alpha value is -2.52. The molecular formula is C17H21N5O3S. The van der Waals surface area contributed by atoms with Gasteiger partial charge >= 0.3 is 0 Å². The predicted octanol–water partition coefficient (Wildman–Crippen LogP) is 0.833. The van der Waals surface area contributed by atoms with E-state index in [9.17, 15) is 13.2 Å². The third-order valence-electron chi connectivity index (χ3n) is 4.31. The normalized spacial score (nSPS) is 16.3. The predicted molar refractivity (Wildman–Crippen MR) is 98.8 cm³/mol. The quantitative estimate of drug-likeness (QED) is 0.851. The van der Waals surface area contributed by atoms with Crippen LogP contribution in [-0.4, -0.2) is 65.9 Å². The number of aromatic nitrogens is 2. The van der Waals surface area contributed by atoms with Crippen LogP contribution in [0.25, 0.3) is 11.3 Å². The van der Waals surface area contributed by atoms with Crippen molar-refractivity contribution < 1.29 is 13.2 Å². The van der Waals surface area contributed by atoms with E-state index in [2.05, 4.69) is 9.97 Å². The van der Waals surface area contributed by atoms with Crippen molar-refractivity contribution in [1.29, 1.82) is 0 Å². The van der Waals surface area contributed by atoms with Crippen molar-refractivity contribution >= 4 is 21.7 Å². The van der Waals surface area contributed by atoms with Crippen LogP contribution in [0.3, 0.4) is 0 Å². The number of carbonyl (C=O) groups excluding carboxylic acids is 1. The molecule has 9 heteroatoms. The number of nitrogen functional groups attached to an aromatic ring is 1. The van der Waals surface area contributed by atoms with Crippen LogP contribution in [0.15, 0.2) is 36.7 Å². The van der Waals surface area contributed by atoms with Crippen molar-refractivity contribution in [1.82, 2.24) is 19.2 Å². The molecule has 0 saturated carbocycles. The Labute approximate surface area is 152 Å². The summed E-state index contributed by atoms with van der Waals surface area (Å²) in [4.78, 5) is 22.6. The van der Waals surface area contributed by atoms with Gasteiger partial charge in [0.2, 0.25) is 10.0 Å². The Kier molecular flexibility index (Phi) is 5.19. The average molecular weight is 375 g/mol. The summed E-state index contributed by atoms with van der Waals surface area (Å²) < 4.78 is 24.8. The number of hydrogen-bond acceptors (Lipinski definition) is 6. The van der Waals surface area contributed by atoms with Crippen molar-refractivity contribution in [2.24, 2.45) is 0 Å². The Balaban J connectivity index is 1.71. The molecule has 1 aromatic carbocycles. The minimum Gasteiger partial charge on any atom is -0.382 e. The molecule has 0 radical (unpaired) electrons. The smallest absolute Gasteiger partial charge is 0.253 e. The molecule has 1 aromatic heterocycles. The maximum atomic E-state index is 12.7. The van der Waals surface area contributed by atoms with Crippen LogP contribution in [0.2, 0.25) is 0 Å². The molecule has 1 aliphatic rings. The van der Waals surface area contributed by atoms with Gasteiger partial charge in [0, 0.05) is 37.3 Å². The Morgan fingerprint density at radius 3 is 2.38 bits per heavy atom. The first kappa shape index (κ1) is 18.3. The van der Waals surface area contributed by atoms with Crippen molar-refractivity contribution in [2.75, 3.05) is 38.2 Å². The molecule has 1 amide bonds. The van der Waals surface area contributed by atoms with Crippen molar-refractivity contribution in [2.45, 2.75) is 6.42 Å². The fraction of sp³-hybridized carbons (Fsp3) is 0.353. The number of nitrogens with zero attached hydrogens (tertiary/aromatic N) is 4. The zero-order valence-electron chi connectivity index (χ0n) is 14.5. The van der Waals surface area contributed by atoms with Crippen LogP contribution in [0.1, 0.15) is 16.8 Å². The number of carbonyl (C=O) groups is 1. The number of nitrogens with two attached hydrogens (primary N) is 1.